The van der Waals surface area contributed by atoms with Crippen LogP contribution < -0.4 is 34.6 Å². The highest BCUT2D eigenvalue weighted by Crippen LogP contribution is 2.14. The molecule has 14 heteroatoms. The van der Waals surface area contributed by atoms with Crippen LogP contribution in [0, 0.1) is 0 Å². The Morgan fingerprint density at radius 3 is 1.46 bits per heavy atom. The van der Waals surface area contributed by atoms with Gasteiger partial charge in [-0.05, 0) is 45.4 Å². The van der Waals surface area contributed by atoms with Gasteiger partial charge in [0, 0.05) is 13.1 Å². The largest absolute Gasteiger partial charge is 1.00 e. The quantitative estimate of drug-likeness (QED) is 0.178. The highest BCUT2D eigenvalue weighted by Gasteiger charge is 2.40. The minimum atomic E-state index is -4.94. The monoisotopic (exact) mass is 729 g/mol. The van der Waals surface area contributed by atoms with Crippen molar-refractivity contribution >= 4 is 68.2 Å². The van der Waals surface area contributed by atoms with E-state index in [0.717, 1.165) is 24.4 Å². The van der Waals surface area contributed by atoms with Crippen molar-refractivity contribution in [1.29, 1.82) is 0 Å². The maximum absolute atomic E-state index is 11.3. The van der Waals surface area contributed by atoms with Crippen LogP contribution in [0.1, 0.15) is 20.7 Å². The van der Waals surface area contributed by atoms with Crippen LogP contribution >= 0.6 is 48.0 Å². The van der Waals surface area contributed by atoms with E-state index in [9.17, 15) is 16.8 Å². The molecule has 1 aliphatic heterocycles. The standard InChI is InChI=1S/C10H23N3O6S2.3HI/c14-20(15,16)10(21(17,18)19)13-8-2-6-11-4-1-5-12-7-3-9-13;;;/h10-12H,1-9H2,(H,14,15,16)(H,17,18,19);3*1H. The molecule has 1 aliphatic rings. The summed E-state index contributed by atoms with van der Waals surface area (Å²) < 4.78 is 61.1. The molecule has 150 valence electrons. The molecule has 1 heterocycles. The number of rotatable bonds is 3. The summed E-state index contributed by atoms with van der Waals surface area (Å²) in [7, 11) is -9.88. The maximum atomic E-state index is 11.3. The summed E-state index contributed by atoms with van der Waals surface area (Å²) in [6.45, 7) is 3.09. The lowest BCUT2D eigenvalue weighted by molar-refractivity contribution is -0.0000135. The Balaban J connectivity index is -0.000000551. The molecule has 0 atom stereocenters. The normalized spacial score (nSPS) is 19.0. The van der Waals surface area contributed by atoms with E-state index >= 15 is 0 Å². The van der Waals surface area contributed by atoms with E-state index in [-0.39, 0.29) is 86.4 Å². The van der Waals surface area contributed by atoms with Crippen molar-refractivity contribution in [1.82, 2.24) is 15.5 Å². The van der Waals surface area contributed by atoms with Crippen molar-refractivity contribution in [3.63, 3.8) is 0 Å². The van der Waals surface area contributed by atoms with E-state index in [1.807, 2.05) is 0 Å². The summed E-state index contributed by atoms with van der Waals surface area (Å²) in [5.74, 6) is 0. The molecule has 0 radical (unpaired) electrons. The first kappa shape index (κ1) is 30.6. The average Bonchev–Trinajstić information content (AvgIpc) is 2.29. The lowest BCUT2D eigenvalue weighted by atomic mass is 10.3. The highest BCUT2D eigenvalue weighted by atomic mass is 127. The Morgan fingerprint density at radius 1 is 0.792 bits per heavy atom. The minimum Gasteiger partial charge on any atom is -1.00 e. The number of hydrogen-bond acceptors (Lipinski definition) is 7. The fourth-order valence-corrected chi connectivity index (χ4v) is 4.66. The predicted octanol–water partition coefficient (Wildman–Crippen LogP) is -2.94. The molecule has 4 N–H and O–H groups in total. The molecule has 0 aliphatic carbocycles. The zero-order valence-electron chi connectivity index (χ0n) is 13.9. The van der Waals surface area contributed by atoms with Crippen LogP contribution in [0.15, 0.2) is 0 Å². The van der Waals surface area contributed by atoms with Crippen molar-refractivity contribution < 1.29 is 51.3 Å². The number of nitrogens with one attached hydrogen (secondary N) is 2. The smallest absolute Gasteiger partial charge is 1.00 e. The third-order valence-corrected chi connectivity index (χ3v) is 6.19. The predicted molar refractivity (Wildman–Crippen MR) is 110 cm³/mol. The summed E-state index contributed by atoms with van der Waals surface area (Å²) >= 11 is 0. The highest BCUT2D eigenvalue weighted by molar-refractivity contribution is 14.0. The Hall–Kier alpha value is 1.89. The van der Waals surface area contributed by atoms with E-state index in [1.54, 1.807) is 0 Å². The topological polar surface area (TPSA) is 136 Å². The zero-order valence-corrected chi connectivity index (χ0v) is 21.4. The molecule has 24 heavy (non-hydrogen) atoms. The molecule has 0 aromatic heterocycles. The second-order valence-electron chi connectivity index (χ2n) is 4.93. The van der Waals surface area contributed by atoms with Gasteiger partial charge >= 0.3 is 1.43 Å². The van der Waals surface area contributed by atoms with Crippen LogP contribution in [0.3, 0.4) is 0 Å². The fourth-order valence-electron chi connectivity index (χ4n) is 2.26. The van der Waals surface area contributed by atoms with Gasteiger partial charge in [0.1, 0.15) is 0 Å². The van der Waals surface area contributed by atoms with Crippen LogP contribution in [0.5, 0.6) is 0 Å². The second kappa shape index (κ2) is 14.9. The van der Waals surface area contributed by atoms with Crippen LogP contribution in [-0.4, -0.2) is 74.8 Å². The van der Waals surface area contributed by atoms with E-state index in [0.29, 0.717) is 25.9 Å². The molecule has 0 unspecified atom stereocenters. The van der Waals surface area contributed by atoms with Crippen molar-refractivity contribution in [2.24, 2.45) is 0 Å². The van der Waals surface area contributed by atoms with Gasteiger partial charge in [-0.2, -0.15) is 16.8 Å². The number of nitrogens with zero attached hydrogens (tertiary/aromatic N) is 1. The summed E-state index contributed by atoms with van der Waals surface area (Å²) in [4.78, 5) is 1.08. The van der Waals surface area contributed by atoms with Crippen LogP contribution in [-0.2, 0) is 20.2 Å². The Morgan fingerprint density at radius 2 is 1.12 bits per heavy atom. The molecule has 1 fully saturated rings. The van der Waals surface area contributed by atoms with Crippen molar-refractivity contribution in [2.75, 3.05) is 39.3 Å². The first-order valence-corrected chi connectivity index (χ1v) is 9.81. The van der Waals surface area contributed by atoms with Gasteiger partial charge in [-0.25, -0.2) is 0 Å². The minimum absolute atomic E-state index is 0. The van der Waals surface area contributed by atoms with Crippen LogP contribution in [0.2, 0.25) is 0 Å². The first-order valence-electron chi connectivity index (χ1n) is 6.81. The van der Waals surface area contributed by atoms with Gasteiger partial charge in [0.2, 0.25) is 0 Å². The van der Waals surface area contributed by atoms with Crippen molar-refractivity contribution in [3.8, 4) is 0 Å². The van der Waals surface area contributed by atoms with Crippen LogP contribution in [0.25, 0.3) is 0 Å². The SMILES string of the molecule is I.I.O=S(=O)(O)C(N1CCCNCCCNCCC1)S(=O)(=O)O.[H+].[I-]. The van der Waals surface area contributed by atoms with E-state index in [1.165, 1.54) is 0 Å². The van der Waals surface area contributed by atoms with E-state index in [2.05, 4.69) is 10.6 Å². The number of hydrogen-bond donors (Lipinski definition) is 4. The molecular formula is C10H26I3N3O6S2. The zero-order chi connectivity index (χ0) is 15.9. The molecule has 0 aromatic rings. The van der Waals surface area contributed by atoms with Crippen LogP contribution in [0.4, 0.5) is 0 Å². The summed E-state index contributed by atoms with van der Waals surface area (Å²) in [6.07, 6.45) is 1.99. The van der Waals surface area contributed by atoms with Crippen molar-refractivity contribution in [3.05, 3.63) is 0 Å². The summed E-state index contributed by atoms with van der Waals surface area (Å²) in [6, 6.07) is 0. The fraction of sp³-hybridized carbons (Fsp3) is 1.00. The Kier molecular flexibility index (Phi) is 19.0. The first-order chi connectivity index (χ1) is 9.73. The van der Waals surface area contributed by atoms with Gasteiger partial charge in [0.25, 0.3) is 24.9 Å². The molecule has 0 bridgehead atoms. The van der Waals surface area contributed by atoms with Gasteiger partial charge in [-0.1, -0.05) is 0 Å². The van der Waals surface area contributed by atoms with Gasteiger partial charge in [-0.3, -0.25) is 14.0 Å². The molecule has 1 saturated heterocycles. The molecule has 9 nitrogen and oxygen atoms in total. The molecule has 1 rings (SSSR count). The maximum Gasteiger partial charge on any atom is 1.00 e. The molecular weight excluding hydrogens is 703 g/mol. The van der Waals surface area contributed by atoms with Gasteiger partial charge in [0.15, 0.2) is 0 Å². The third kappa shape index (κ3) is 12.3. The van der Waals surface area contributed by atoms with E-state index in [4.69, 9.17) is 9.11 Å². The number of halogens is 3. The molecule has 0 saturated carbocycles. The van der Waals surface area contributed by atoms with Gasteiger partial charge in [-0.15, -0.1) is 48.0 Å². The lowest BCUT2D eigenvalue weighted by Gasteiger charge is -2.27. The van der Waals surface area contributed by atoms with Gasteiger partial charge < -0.3 is 34.6 Å². The Bertz CT molecular complexity index is 482. The molecule has 0 spiro atoms. The van der Waals surface area contributed by atoms with E-state index < -0.39 is 24.9 Å². The summed E-state index contributed by atoms with van der Waals surface area (Å²) in [5, 5.41) is 6.30. The molecule has 0 amide bonds. The Labute approximate surface area is 196 Å². The summed E-state index contributed by atoms with van der Waals surface area (Å²) in [5.41, 5.74) is 0. The average molecular weight is 729 g/mol. The van der Waals surface area contributed by atoms with Crippen molar-refractivity contribution in [2.45, 2.75) is 24.0 Å². The molecule has 0 aromatic carbocycles. The lowest BCUT2D eigenvalue weighted by Crippen LogP contribution is -3.00. The third-order valence-electron chi connectivity index (χ3n) is 3.11. The second-order valence-corrected chi connectivity index (χ2v) is 8.18. The van der Waals surface area contributed by atoms with Gasteiger partial charge in [0.05, 0.1) is 0 Å².